The Hall–Kier alpha value is -1.43. The molecule has 0 heterocycles. The smallest absolute Gasteiger partial charge is 0.233 e. The van der Waals surface area contributed by atoms with Gasteiger partial charge in [-0.05, 0) is 38.5 Å². The van der Waals surface area contributed by atoms with E-state index in [9.17, 15) is 13.4 Å². The van der Waals surface area contributed by atoms with E-state index in [1.54, 1.807) is 0 Å². The van der Waals surface area contributed by atoms with Gasteiger partial charge in [-0.2, -0.15) is 0 Å². The third-order valence-electron chi connectivity index (χ3n) is 2.83. The highest BCUT2D eigenvalue weighted by Gasteiger charge is 2.20. The summed E-state index contributed by atoms with van der Waals surface area (Å²) in [5.41, 5.74) is 5.31. The van der Waals surface area contributed by atoms with Crippen LogP contribution in [-0.4, -0.2) is 21.4 Å². The molecule has 3 N–H and O–H groups in total. The number of nitrogens with one attached hydrogen (secondary N) is 1. The van der Waals surface area contributed by atoms with E-state index < -0.39 is 16.6 Å². The highest BCUT2D eigenvalue weighted by molar-refractivity contribution is 7.85. The lowest BCUT2D eigenvalue weighted by atomic mass is 10.0. The average molecular weight is 286 g/mol. The standard InChI is InChI=1S/C13H19FN2O2S/c1-4-13(2,3)16-12(17)8-19(18)11-6-5-9(15)7-10(11)14/h5-7H,4,8,15H2,1-3H3,(H,16,17). The van der Waals surface area contributed by atoms with Crippen LogP contribution in [0, 0.1) is 5.82 Å². The van der Waals surface area contributed by atoms with Gasteiger partial charge in [0.05, 0.1) is 15.7 Å². The zero-order chi connectivity index (χ0) is 14.6. The molecule has 0 saturated heterocycles. The molecule has 1 aromatic rings. The number of rotatable bonds is 5. The maximum Gasteiger partial charge on any atom is 0.233 e. The minimum absolute atomic E-state index is 0.00125. The zero-order valence-corrected chi connectivity index (χ0v) is 12.1. The molecule has 0 aliphatic rings. The lowest BCUT2D eigenvalue weighted by Crippen LogP contribution is -2.44. The molecule has 0 bridgehead atoms. The summed E-state index contributed by atoms with van der Waals surface area (Å²) in [6, 6.07) is 3.91. The maximum atomic E-state index is 13.6. The normalized spacial score (nSPS) is 13.1. The van der Waals surface area contributed by atoms with Crippen LogP contribution in [0.4, 0.5) is 10.1 Å². The van der Waals surface area contributed by atoms with Crippen molar-refractivity contribution in [3.8, 4) is 0 Å². The SMILES string of the molecule is CCC(C)(C)NC(=O)CS(=O)c1ccc(N)cc1F. The van der Waals surface area contributed by atoms with Crippen molar-refractivity contribution in [1.82, 2.24) is 5.32 Å². The van der Waals surface area contributed by atoms with Gasteiger partial charge in [-0.15, -0.1) is 0 Å². The summed E-state index contributed by atoms with van der Waals surface area (Å²) in [5, 5.41) is 2.76. The minimum atomic E-state index is -1.71. The lowest BCUT2D eigenvalue weighted by molar-refractivity contribution is -0.120. The van der Waals surface area contributed by atoms with Crippen molar-refractivity contribution in [2.45, 2.75) is 37.6 Å². The number of amides is 1. The molecule has 106 valence electrons. The zero-order valence-electron chi connectivity index (χ0n) is 11.3. The molecule has 0 spiro atoms. The third-order valence-corrected chi connectivity index (χ3v) is 4.17. The van der Waals surface area contributed by atoms with Gasteiger partial charge in [-0.25, -0.2) is 4.39 Å². The summed E-state index contributed by atoms with van der Waals surface area (Å²) in [6.07, 6.45) is 0.752. The number of benzene rings is 1. The summed E-state index contributed by atoms with van der Waals surface area (Å²) in [5.74, 6) is -1.27. The Bertz CT molecular complexity index is 503. The Labute approximate surface area is 115 Å². The fraction of sp³-hybridized carbons (Fsp3) is 0.462. The van der Waals surface area contributed by atoms with Crippen LogP contribution in [0.1, 0.15) is 27.2 Å². The molecule has 0 aliphatic carbocycles. The first-order valence-electron chi connectivity index (χ1n) is 5.99. The van der Waals surface area contributed by atoms with Crippen LogP contribution in [0.15, 0.2) is 23.1 Å². The number of hydrogen-bond donors (Lipinski definition) is 2. The van der Waals surface area contributed by atoms with Crippen molar-refractivity contribution < 1.29 is 13.4 Å². The number of nitrogen functional groups attached to an aromatic ring is 1. The molecule has 1 rings (SSSR count). The fourth-order valence-electron chi connectivity index (χ4n) is 1.40. The number of halogens is 1. The van der Waals surface area contributed by atoms with Gasteiger partial charge in [0.2, 0.25) is 5.91 Å². The van der Waals surface area contributed by atoms with Crippen molar-refractivity contribution in [1.29, 1.82) is 0 Å². The molecule has 0 aromatic heterocycles. The van der Waals surface area contributed by atoms with Gasteiger partial charge in [0.1, 0.15) is 11.6 Å². The quantitative estimate of drug-likeness (QED) is 0.811. The molecule has 1 amide bonds. The Morgan fingerprint density at radius 1 is 1.47 bits per heavy atom. The predicted molar refractivity (Wildman–Crippen MR) is 74.6 cm³/mol. The van der Waals surface area contributed by atoms with Crippen LogP contribution in [0.25, 0.3) is 0 Å². The summed E-state index contributed by atoms with van der Waals surface area (Å²) in [4.78, 5) is 11.7. The molecule has 0 fully saturated rings. The van der Waals surface area contributed by atoms with Crippen molar-refractivity contribution in [2.24, 2.45) is 0 Å². The van der Waals surface area contributed by atoms with Gasteiger partial charge in [0.25, 0.3) is 0 Å². The Balaban J connectivity index is 2.72. The van der Waals surface area contributed by atoms with Gasteiger partial charge in [0, 0.05) is 11.2 Å². The summed E-state index contributed by atoms with van der Waals surface area (Å²) < 4.78 is 25.5. The molecule has 0 aliphatic heterocycles. The number of anilines is 1. The predicted octanol–water partition coefficient (Wildman–Crippen LogP) is 1.82. The van der Waals surface area contributed by atoms with E-state index in [4.69, 9.17) is 5.73 Å². The van der Waals surface area contributed by atoms with Crippen molar-refractivity contribution >= 4 is 22.4 Å². The van der Waals surface area contributed by atoms with Crippen LogP contribution in [0.5, 0.6) is 0 Å². The maximum absolute atomic E-state index is 13.6. The number of carbonyl (C=O) groups is 1. The molecule has 0 radical (unpaired) electrons. The van der Waals surface area contributed by atoms with E-state index in [0.717, 1.165) is 12.5 Å². The number of carbonyl (C=O) groups excluding carboxylic acids is 1. The van der Waals surface area contributed by atoms with Crippen molar-refractivity contribution in [3.63, 3.8) is 0 Å². The van der Waals surface area contributed by atoms with Gasteiger partial charge in [-0.1, -0.05) is 6.92 Å². The number of hydrogen-bond acceptors (Lipinski definition) is 3. The summed E-state index contributed by atoms with van der Waals surface area (Å²) >= 11 is 0. The molecule has 1 unspecified atom stereocenters. The second kappa shape index (κ2) is 6.14. The third kappa shape index (κ3) is 4.63. The molecule has 1 atom stereocenters. The summed E-state index contributed by atoms with van der Waals surface area (Å²) in [6.45, 7) is 5.69. The van der Waals surface area contributed by atoms with Crippen molar-refractivity contribution in [3.05, 3.63) is 24.0 Å². The molecule has 0 saturated carbocycles. The van der Waals surface area contributed by atoms with Gasteiger partial charge in [0.15, 0.2) is 0 Å². The topological polar surface area (TPSA) is 72.2 Å². The van der Waals surface area contributed by atoms with Crippen molar-refractivity contribution in [2.75, 3.05) is 11.5 Å². The van der Waals surface area contributed by atoms with Crippen LogP contribution < -0.4 is 11.1 Å². The van der Waals surface area contributed by atoms with E-state index in [0.29, 0.717) is 0 Å². The van der Waals surface area contributed by atoms with Crippen LogP contribution in [-0.2, 0) is 15.6 Å². The second-order valence-electron chi connectivity index (χ2n) is 4.97. The van der Waals surface area contributed by atoms with E-state index in [-0.39, 0.29) is 27.8 Å². The minimum Gasteiger partial charge on any atom is -0.399 e. The highest BCUT2D eigenvalue weighted by Crippen LogP contribution is 2.16. The van der Waals surface area contributed by atoms with E-state index >= 15 is 0 Å². The van der Waals surface area contributed by atoms with Gasteiger partial charge < -0.3 is 11.1 Å². The largest absolute Gasteiger partial charge is 0.399 e. The average Bonchev–Trinajstić information content (AvgIpc) is 2.27. The monoisotopic (exact) mass is 286 g/mol. The van der Waals surface area contributed by atoms with E-state index in [1.165, 1.54) is 12.1 Å². The van der Waals surface area contributed by atoms with E-state index in [2.05, 4.69) is 5.32 Å². The van der Waals surface area contributed by atoms with Crippen LogP contribution >= 0.6 is 0 Å². The molecular formula is C13H19FN2O2S. The van der Waals surface area contributed by atoms with E-state index in [1.807, 2.05) is 20.8 Å². The molecule has 1 aromatic carbocycles. The Morgan fingerprint density at radius 3 is 2.63 bits per heavy atom. The number of nitrogens with two attached hydrogens (primary N) is 1. The van der Waals surface area contributed by atoms with Crippen LogP contribution in [0.2, 0.25) is 0 Å². The van der Waals surface area contributed by atoms with Crippen LogP contribution in [0.3, 0.4) is 0 Å². The first-order chi connectivity index (χ1) is 8.75. The molecule has 6 heteroatoms. The van der Waals surface area contributed by atoms with Gasteiger partial charge >= 0.3 is 0 Å². The Morgan fingerprint density at radius 2 is 2.11 bits per heavy atom. The first-order valence-corrected chi connectivity index (χ1v) is 7.31. The molecular weight excluding hydrogens is 267 g/mol. The fourth-order valence-corrected chi connectivity index (χ4v) is 2.36. The second-order valence-corrected chi connectivity index (χ2v) is 6.38. The van der Waals surface area contributed by atoms with Gasteiger partial charge in [-0.3, -0.25) is 9.00 Å². The lowest BCUT2D eigenvalue weighted by Gasteiger charge is -2.24. The first kappa shape index (κ1) is 15.6. The molecule has 4 nitrogen and oxygen atoms in total. The molecule has 19 heavy (non-hydrogen) atoms. The summed E-state index contributed by atoms with van der Waals surface area (Å²) in [7, 11) is -1.71. The Kier molecular flexibility index (Phi) is 5.05. The highest BCUT2D eigenvalue weighted by atomic mass is 32.2.